The van der Waals surface area contributed by atoms with Crippen LogP contribution in [0.1, 0.15) is 40.8 Å². The number of nitrogens with zero attached hydrogens (tertiary/aromatic N) is 3. The zero-order valence-corrected chi connectivity index (χ0v) is 18.9. The molecule has 1 aliphatic carbocycles. The maximum absolute atomic E-state index is 11.7. The monoisotopic (exact) mass is 445 g/mol. The van der Waals surface area contributed by atoms with E-state index in [0.29, 0.717) is 27.6 Å². The average Bonchev–Trinajstić information content (AvgIpc) is 3.18. The highest BCUT2D eigenvalue weighted by Gasteiger charge is 2.21. The average molecular weight is 446 g/mol. The van der Waals surface area contributed by atoms with Crippen LogP contribution in [-0.4, -0.2) is 25.7 Å². The van der Waals surface area contributed by atoms with Gasteiger partial charge in [-0.05, 0) is 68.4 Å². The van der Waals surface area contributed by atoms with Crippen molar-refractivity contribution in [2.45, 2.75) is 46.0 Å². The first-order chi connectivity index (χ1) is 15.4. The van der Waals surface area contributed by atoms with Gasteiger partial charge in [-0.3, -0.25) is 4.79 Å². The predicted octanol–water partition coefficient (Wildman–Crippen LogP) is 5.84. The highest BCUT2D eigenvalue weighted by molar-refractivity contribution is 6.33. The fourth-order valence-corrected chi connectivity index (χ4v) is 4.96. The Balaban J connectivity index is 1.74. The molecule has 162 valence electrons. The van der Waals surface area contributed by atoms with E-state index in [9.17, 15) is 9.90 Å². The van der Waals surface area contributed by atoms with E-state index in [0.717, 1.165) is 35.2 Å². The standard InChI is InChI=1S/C26H24ClN3O2/c1-15-7-10-20(22(27)11-15)26-21(13-25(31)32)16(2)28-24-14-23(29-30(24)26)19-9-8-17-5-3-4-6-18(17)12-19/h7-12,14H,3-6,13H2,1-2H3,(H,31,32). The number of carboxylic acid groups (broad SMARTS) is 1. The minimum Gasteiger partial charge on any atom is -0.481 e. The van der Waals surface area contributed by atoms with E-state index in [4.69, 9.17) is 16.7 Å². The molecular formula is C26H24ClN3O2. The van der Waals surface area contributed by atoms with Crippen molar-refractivity contribution in [3.05, 3.63) is 75.4 Å². The third kappa shape index (κ3) is 3.67. The third-order valence-electron chi connectivity index (χ3n) is 6.26. The molecule has 0 radical (unpaired) electrons. The smallest absolute Gasteiger partial charge is 0.307 e. The van der Waals surface area contributed by atoms with Gasteiger partial charge in [-0.25, -0.2) is 9.50 Å². The van der Waals surface area contributed by atoms with Gasteiger partial charge in [0.1, 0.15) is 0 Å². The van der Waals surface area contributed by atoms with Crippen LogP contribution in [0.3, 0.4) is 0 Å². The van der Waals surface area contributed by atoms with Gasteiger partial charge < -0.3 is 5.11 Å². The molecule has 6 heteroatoms. The van der Waals surface area contributed by atoms with E-state index in [2.05, 4.69) is 23.2 Å². The van der Waals surface area contributed by atoms with Crippen molar-refractivity contribution in [2.75, 3.05) is 0 Å². The van der Waals surface area contributed by atoms with Gasteiger partial charge in [0.2, 0.25) is 0 Å². The van der Waals surface area contributed by atoms with Gasteiger partial charge in [-0.15, -0.1) is 0 Å². The number of hydrogen-bond donors (Lipinski definition) is 1. The molecule has 2 aromatic carbocycles. The lowest BCUT2D eigenvalue weighted by Gasteiger charge is -2.16. The molecule has 2 aromatic heterocycles. The first kappa shape index (κ1) is 20.7. The van der Waals surface area contributed by atoms with E-state index < -0.39 is 5.97 Å². The molecule has 0 fully saturated rings. The zero-order chi connectivity index (χ0) is 22.4. The van der Waals surface area contributed by atoms with Gasteiger partial charge in [0.25, 0.3) is 0 Å². The zero-order valence-electron chi connectivity index (χ0n) is 18.2. The Labute approximate surface area is 191 Å². The maximum Gasteiger partial charge on any atom is 0.307 e. The van der Waals surface area contributed by atoms with Gasteiger partial charge in [0, 0.05) is 28.5 Å². The molecule has 0 spiro atoms. The summed E-state index contributed by atoms with van der Waals surface area (Å²) in [5, 5.41) is 15.0. The van der Waals surface area contributed by atoms with Crippen LogP contribution in [0.25, 0.3) is 28.2 Å². The number of benzene rings is 2. The molecule has 0 atom stereocenters. The molecule has 0 bridgehead atoms. The van der Waals surface area contributed by atoms with Gasteiger partial charge >= 0.3 is 5.97 Å². The van der Waals surface area contributed by atoms with Crippen molar-refractivity contribution in [1.82, 2.24) is 14.6 Å². The molecular weight excluding hydrogens is 422 g/mol. The van der Waals surface area contributed by atoms with Gasteiger partial charge in [-0.1, -0.05) is 35.9 Å². The lowest BCUT2D eigenvalue weighted by atomic mass is 9.90. The third-order valence-corrected chi connectivity index (χ3v) is 6.57. The van der Waals surface area contributed by atoms with Crippen LogP contribution in [0.2, 0.25) is 5.02 Å². The van der Waals surface area contributed by atoms with Crippen molar-refractivity contribution >= 4 is 23.2 Å². The largest absolute Gasteiger partial charge is 0.481 e. The molecule has 0 aliphatic heterocycles. The predicted molar refractivity (Wildman–Crippen MR) is 126 cm³/mol. The number of aliphatic carboxylic acids is 1. The molecule has 32 heavy (non-hydrogen) atoms. The van der Waals surface area contributed by atoms with Crippen LogP contribution in [0, 0.1) is 13.8 Å². The second-order valence-electron chi connectivity index (χ2n) is 8.57. The second-order valence-corrected chi connectivity index (χ2v) is 8.98. The minimum absolute atomic E-state index is 0.150. The lowest BCUT2D eigenvalue weighted by Crippen LogP contribution is -2.10. The van der Waals surface area contributed by atoms with E-state index >= 15 is 0 Å². The van der Waals surface area contributed by atoms with Gasteiger partial charge in [0.15, 0.2) is 5.65 Å². The fraction of sp³-hybridized carbons (Fsp3) is 0.269. The lowest BCUT2D eigenvalue weighted by molar-refractivity contribution is -0.136. The number of carboxylic acids is 1. The Hall–Kier alpha value is -3.18. The summed E-state index contributed by atoms with van der Waals surface area (Å²) in [4.78, 5) is 16.3. The number of rotatable bonds is 4. The summed E-state index contributed by atoms with van der Waals surface area (Å²) in [5.74, 6) is -0.916. The molecule has 0 saturated heterocycles. The van der Waals surface area contributed by atoms with E-state index in [1.807, 2.05) is 38.1 Å². The number of hydrogen-bond acceptors (Lipinski definition) is 3. The van der Waals surface area contributed by atoms with Crippen molar-refractivity contribution < 1.29 is 9.90 Å². The molecule has 1 aliphatic rings. The highest BCUT2D eigenvalue weighted by atomic mass is 35.5. The Morgan fingerprint density at radius 2 is 1.84 bits per heavy atom. The topological polar surface area (TPSA) is 67.5 Å². The summed E-state index contributed by atoms with van der Waals surface area (Å²) >= 11 is 6.62. The molecule has 0 saturated carbocycles. The van der Waals surface area contributed by atoms with Gasteiger partial charge in [-0.2, -0.15) is 5.10 Å². The summed E-state index contributed by atoms with van der Waals surface area (Å²) in [6.07, 6.45) is 4.55. The summed E-state index contributed by atoms with van der Waals surface area (Å²) in [6, 6.07) is 14.3. The summed E-state index contributed by atoms with van der Waals surface area (Å²) in [7, 11) is 0. The van der Waals surface area contributed by atoms with Crippen molar-refractivity contribution in [1.29, 1.82) is 0 Å². The summed E-state index contributed by atoms with van der Waals surface area (Å²) in [6.45, 7) is 3.82. The quantitative estimate of drug-likeness (QED) is 0.428. The number of aromatic nitrogens is 3. The van der Waals surface area contributed by atoms with Crippen LogP contribution >= 0.6 is 11.6 Å². The van der Waals surface area contributed by atoms with Crippen LogP contribution in [0.5, 0.6) is 0 Å². The van der Waals surface area contributed by atoms with E-state index in [1.165, 1.54) is 24.0 Å². The normalized spacial score (nSPS) is 13.3. The summed E-state index contributed by atoms with van der Waals surface area (Å²) in [5.41, 5.74) is 9.13. The van der Waals surface area contributed by atoms with Crippen LogP contribution < -0.4 is 0 Å². The van der Waals surface area contributed by atoms with Crippen molar-refractivity contribution in [3.63, 3.8) is 0 Å². The molecule has 5 nitrogen and oxygen atoms in total. The minimum atomic E-state index is -0.916. The SMILES string of the molecule is Cc1ccc(-c2c(CC(=O)O)c(C)nc3cc(-c4ccc5c(c4)CCCC5)nn23)c(Cl)c1. The molecule has 1 N–H and O–H groups in total. The molecule has 4 aromatic rings. The molecule has 2 heterocycles. The number of aryl methyl sites for hydroxylation is 4. The van der Waals surface area contributed by atoms with Crippen molar-refractivity contribution in [3.8, 4) is 22.5 Å². The van der Waals surface area contributed by atoms with Gasteiger partial charge in [0.05, 0.1) is 22.8 Å². The van der Waals surface area contributed by atoms with Crippen molar-refractivity contribution in [2.24, 2.45) is 0 Å². The highest BCUT2D eigenvalue weighted by Crippen LogP contribution is 2.35. The summed E-state index contributed by atoms with van der Waals surface area (Å²) < 4.78 is 1.75. The Bertz CT molecular complexity index is 1370. The maximum atomic E-state index is 11.7. The Morgan fingerprint density at radius 3 is 2.59 bits per heavy atom. The number of carbonyl (C=O) groups is 1. The number of halogens is 1. The molecule has 0 amide bonds. The Kier molecular flexibility index (Phi) is 5.22. The van der Waals surface area contributed by atoms with Crippen LogP contribution in [0.15, 0.2) is 42.5 Å². The fourth-order valence-electron chi connectivity index (χ4n) is 4.64. The van der Waals surface area contributed by atoms with E-state index in [1.54, 1.807) is 4.52 Å². The number of fused-ring (bicyclic) bond motifs is 2. The first-order valence-electron chi connectivity index (χ1n) is 10.9. The Morgan fingerprint density at radius 1 is 1.06 bits per heavy atom. The molecule has 0 unspecified atom stereocenters. The first-order valence-corrected chi connectivity index (χ1v) is 11.3. The molecule has 5 rings (SSSR count). The van der Waals surface area contributed by atoms with E-state index in [-0.39, 0.29) is 6.42 Å². The van der Waals surface area contributed by atoms with Crippen LogP contribution in [0.4, 0.5) is 0 Å². The van der Waals surface area contributed by atoms with Crippen LogP contribution in [-0.2, 0) is 24.1 Å². The second kappa shape index (κ2) is 8.06.